The third-order valence-corrected chi connectivity index (χ3v) is 1.40. The van der Waals surface area contributed by atoms with Crippen LogP contribution in [0.3, 0.4) is 0 Å². The maximum Gasteiger partial charge on any atom is 0.0992 e. The molecule has 0 saturated carbocycles. The largest absolute Gasteiger partial charge is 0.192 e. The van der Waals surface area contributed by atoms with Crippen LogP contribution in [0.1, 0.15) is 16.7 Å². The fraction of sp³-hybridized carbons (Fsp3) is 0. The van der Waals surface area contributed by atoms with Crippen molar-refractivity contribution in [1.29, 1.82) is 10.5 Å². The quantitative estimate of drug-likeness (QED) is 0.617. The zero-order valence-corrected chi connectivity index (χ0v) is 6.33. The Labute approximate surface area is 71.0 Å². The average Bonchev–Trinajstić information content (AvgIpc) is 2.16. The van der Waals surface area contributed by atoms with Crippen molar-refractivity contribution in [2.45, 2.75) is 0 Å². The number of nitrogens with zero attached hydrogens (tertiary/aromatic N) is 2. The summed E-state index contributed by atoms with van der Waals surface area (Å²) in [6.07, 6.45) is 2.62. The number of rotatable bonds is 1. The van der Waals surface area contributed by atoms with E-state index >= 15 is 0 Å². The Bertz CT molecular complexity index is 359. The van der Waals surface area contributed by atoms with Crippen LogP contribution in [-0.2, 0) is 0 Å². The fourth-order valence-corrected chi connectivity index (χ4v) is 0.859. The lowest BCUT2D eigenvalue weighted by Crippen LogP contribution is -1.82. The molecule has 12 heavy (non-hydrogen) atoms. The van der Waals surface area contributed by atoms with Gasteiger partial charge in [-0.3, -0.25) is 0 Å². The van der Waals surface area contributed by atoms with Crippen molar-refractivity contribution in [3.63, 3.8) is 0 Å². The van der Waals surface area contributed by atoms with E-state index in [0.29, 0.717) is 16.7 Å². The van der Waals surface area contributed by atoms with Gasteiger partial charge in [-0.1, -0.05) is 6.58 Å². The summed E-state index contributed by atoms with van der Waals surface area (Å²) >= 11 is 0. The lowest BCUT2D eigenvalue weighted by molar-refractivity contribution is 1.42. The van der Waals surface area contributed by atoms with Gasteiger partial charge in [-0.25, -0.2) is 0 Å². The van der Waals surface area contributed by atoms with Crippen LogP contribution in [0.25, 0.3) is 0 Å². The summed E-state index contributed by atoms with van der Waals surface area (Å²) in [4.78, 5) is 0. The normalized spacial score (nSPS) is 8.17. The van der Waals surface area contributed by atoms with Crippen molar-refractivity contribution < 1.29 is 0 Å². The van der Waals surface area contributed by atoms with E-state index in [1.54, 1.807) is 12.1 Å². The van der Waals surface area contributed by atoms with Crippen LogP contribution in [0.2, 0.25) is 0 Å². The molecule has 55 valence electrons. The zero-order chi connectivity index (χ0) is 8.97. The van der Waals surface area contributed by atoms with Gasteiger partial charge in [0.05, 0.1) is 23.3 Å². The summed E-state index contributed by atoms with van der Waals surface area (Å²) in [5, 5.41) is 17.1. The minimum Gasteiger partial charge on any atom is -0.192 e. The lowest BCUT2D eigenvalue weighted by atomic mass is 10.1. The molecule has 0 spiro atoms. The molecule has 1 aromatic rings. The molecule has 0 amide bonds. The fourth-order valence-electron chi connectivity index (χ4n) is 0.859. The molecule has 0 N–H and O–H groups in total. The summed E-state index contributed by atoms with van der Waals surface area (Å²) in [5.41, 5.74) is 1.59. The van der Waals surface area contributed by atoms with Crippen molar-refractivity contribution in [2.75, 3.05) is 0 Å². The monoisotopic (exact) mass is 153 g/mol. The molecule has 0 aliphatic carbocycles. The number of hydrogen-bond donors (Lipinski definition) is 0. The number of hydrogen-bond acceptors (Lipinski definition) is 2. The summed E-state index contributed by atoms with van der Waals surface area (Å²) < 4.78 is 0. The van der Waals surface area contributed by atoms with Crippen molar-refractivity contribution in [1.82, 2.24) is 0 Å². The smallest absolute Gasteiger partial charge is 0.0992 e. The maximum absolute atomic E-state index is 8.57. The van der Waals surface area contributed by atoms with Crippen molar-refractivity contribution >= 4 is 0 Å². The Kier molecular flexibility index (Phi) is 2.26. The predicted molar refractivity (Wildman–Crippen MR) is 43.8 cm³/mol. The zero-order valence-electron chi connectivity index (χ0n) is 6.33. The second-order valence-corrected chi connectivity index (χ2v) is 2.20. The van der Waals surface area contributed by atoms with E-state index in [0.717, 1.165) is 0 Å². The lowest BCUT2D eigenvalue weighted by Gasteiger charge is -1.94. The van der Waals surface area contributed by atoms with E-state index in [1.165, 1.54) is 6.07 Å². The summed E-state index contributed by atoms with van der Waals surface area (Å²) in [6, 6.07) is 8.71. The molecule has 0 saturated heterocycles. The van der Waals surface area contributed by atoms with Gasteiger partial charge in [-0.15, -0.1) is 0 Å². The molecular formula is C10H5N2. The van der Waals surface area contributed by atoms with Crippen LogP contribution in [0.4, 0.5) is 0 Å². The van der Waals surface area contributed by atoms with Gasteiger partial charge in [0.1, 0.15) is 0 Å². The molecule has 0 atom stereocenters. The van der Waals surface area contributed by atoms with Gasteiger partial charge in [0, 0.05) is 0 Å². The van der Waals surface area contributed by atoms with Gasteiger partial charge in [0.15, 0.2) is 0 Å². The summed E-state index contributed by atoms with van der Waals surface area (Å²) in [5.74, 6) is 0. The molecule has 0 aliphatic rings. The minimum atomic E-state index is 0.459. The first-order valence-electron chi connectivity index (χ1n) is 3.28. The molecule has 1 radical (unpaired) electrons. The third-order valence-electron chi connectivity index (χ3n) is 1.40. The van der Waals surface area contributed by atoms with Crippen LogP contribution in [0, 0.1) is 28.7 Å². The van der Waals surface area contributed by atoms with Gasteiger partial charge in [-0.05, 0) is 29.8 Å². The van der Waals surface area contributed by atoms with Crippen molar-refractivity contribution in [2.24, 2.45) is 0 Å². The van der Waals surface area contributed by atoms with E-state index in [2.05, 4.69) is 12.7 Å². The van der Waals surface area contributed by atoms with Crippen LogP contribution in [-0.4, -0.2) is 0 Å². The van der Waals surface area contributed by atoms with Crippen LogP contribution in [0.5, 0.6) is 0 Å². The summed E-state index contributed by atoms with van der Waals surface area (Å²) in [7, 11) is 0. The molecule has 1 rings (SSSR count). The number of nitriles is 2. The SMILES string of the molecule is C=[C]c1cc(C#N)cc(C#N)c1. The van der Waals surface area contributed by atoms with E-state index in [4.69, 9.17) is 10.5 Å². The van der Waals surface area contributed by atoms with Gasteiger partial charge < -0.3 is 0 Å². The van der Waals surface area contributed by atoms with Gasteiger partial charge >= 0.3 is 0 Å². The van der Waals surface area contributed by atoms with Crippen LogP contribution >= 0.6 is 0 Å². The highest BCUT2D eigenvalue weighted by Gasteiger charge is 1.96. The van der Waals surface area contributed by atoms with Gasteiger partial charge in [0.2, 0.25) is 0 Å². The highest BCUT2D eigenvalue weighted by Crippen LogP contribution is 2.08. The molecule has 0 heterocycles. The second-order valence-electron chi connectivity index (χ2n) is 2.20. The van der Waals surface area contributed by atoms with E-state index in [1.807, 2.05) is 12.1 Å². The Morgan fingerprint density at radius 1 is 0.917 bits per heavy atom. The van der Waals surface area contributed by atoms with Gasteiger partial charge in [0.25, 0.3) is 0 Å². The Morgan fingerprint density at radius 3 is 1.67 bits per heavy atom. The number of benzene rings is 1. The highest BCUT2D eigenvalue weighted by atomic mass is 14.3. The molecular weight excluding hydrogens is 148 g/mol. The first-order valence-corrected chi connectivity index (χ1v) is 3.28. The molecule has 0 aliphatic heterocycles. The molecule has 0 fully saturated rings. The molecule has 2 heteroatoms. The standard InChI is InChI=1S/C10H5N2/c1-2-8-3-9(6-11)5-10(4-8)7-12/h3-5H,1H2. The van der Waals surface area contributed by atoms with Crippen molar-refractivity contribution in [3.8, 4) is 12.1 Å². The van der Waals surface area contributed by atoms with Crippen LogP contribution < -0.4 is 0 Å². The third kappa shape index (κ3) is 1.51. The Hall–Kier alpha value is -2.06. The van der Waals surface area contributed by atoms with E-state index in [-0.39, 0.29) is 0 Å². The van der Waals surface area contributed by atoms with E-state index < -0.39 is 0 Å². The molecule has 0 unspecified atom stereocenters. The minimum absolute atomic E-state index is 0.459. The molecule has 1 aromatic carbocycles. The first kappa shape index (κ1) is 8.04. The average molecular weight is 153 g/mol. The topological polar surface area (TPSA) is 47.6 Å². The molecule has 0 bridgehead atoms. The Balaban J connectivity index is 3.33. The summed E-state index contributed by atoms with van der Waals surface area (Å²) in [6.45, 7) is 3.44. The Morgan fingerprint density at radius 2 is 1.33 bits per heavy atom. The van der Waals surface area contributed by atoms with E-state index in [9.17, 15) is 0 Å². The first-order chi connectivity index (χ1) is 5.80. The molecule has 2 nitrogen and oxygen atoms in total. The van der Waals surface area contributed by atoms with Crippen molar-refractivity contribution in [3.05, 3.63) is 47.5 Å². The highest BCUT2D eigenvalue weighted by molar-refractivity contribution is 5.44. The van der Waals surface area contributed by atoms with Gasteiger partial charge in [-0.2, -0.15) is 10.5 Å². The van der Waals surface area contributed by atoms with Crippen LogP contribution in [0.15, 0.2) is 24.8 Å². The second kappa shape index (κ2) is 3.37. The predicted octanol–water partition coefficient (Wildman–Crippen LogP) is 1.77. The molecule has 0 aromatic heterocycles. The maximum atomic E-state index is 8.57.